The van der Waals surface area contributed by atoms with Crippen molar-refractivity contribution in [1.82, 2.24) is 0 Å². The Balaban J connectivity index is 1.60. The predicted molar refractivity (Wildman–Crippen MR) is 139 cm³/mol. The van der Waals surface area contributed by atoms with Gasteiger partial charge in [0.2, 0.25) is 0 Å². The van der Waals surface area contributed by atoms with E-state index >= 15 is 0 Å². The van der Waals surface area contributed by atoms with Crippen molar-refractivity contribution in [2.45, 2.75) is 84.5 Å². The van der Waals surface area contributed by atoms with Crippen molar-refractivity contribution < 1.29 is 47.7 Å². The van der Waals surface area contributed by atoms with Crippen molar-refractivity contribution >= 4 is 35.8 Å². The van der Waals surface area contributed by atoms with E-state index in [1.165, 1.54) is 12.2 Å². The van der Waals surface area contributed by atoms with Gasteiger partial charge in [-0.25, -0.2) is 19.2 Å². The Morgan fingerprint density at radius 3 is 1.38 bits per heavy atom. The molecule has 0 aromatic carbocycles. The number of carbonyl (C=O) groups is 6. The highest BCUT2D eigenvalue weighted by Gasteiger charge is 2.34. The van der Waals surface area contributed by atoms with Gasteiger partial charge in [0.1, 0.15) is 0 Å². The van der Waals surface area contributed by atoms with Gasteiger partial charge in [0.05, 0.1) is 48.3 Å². The van der Waals surface area contributed by atoms with E-state index in [1.807, 2.05) is 13.8 Å². The molecule has 2 rings (SSSR count). The summed E-state index contributed by atoms with van der Waals surface area (Å²) >= 11 is 0. The summed E-state index contributed by atoms with van der Waals surface area (Å²) in [6.45, 7) is 4.33. The lowest BCUT2D eigenvalue weighted by atomic mass is 10.1. The molecule has 0 atom stereocenters. The molecule has 0 bridgehead atoms. The molecule has 0 unspecified atom stereocenters. The average molecular weight is 545 g/mol. The number of unbranched alkanes of at least 4 members (excludes halogenated alkanes) is 6. The molecule has 0 fully saturated rings. The second-order valence-corrected chi connectivity index (χ2v) is 9.08. The van der Waals surface area contributed by atoms with Crippen molar-refractivity contribution in [3.8, 4) is 0 Å². The smallest absolute Gasteiger partial charge is 0.346 e. The number of ether oxygens (including phenoxy) is 4. The Bertz CT molecular complexity index is 990. The number of allylic oxidation sites excluding steroid dienone is 2. The van der Waals surface area contributed by atoms with Crippen molar-refractivity contribution in [3.63, 3.8) is 0 Å². The molecule has 0 saturated carbocycles. The van der Waals surface area contributed by atoms with Crippen molar-refractivity contribution in [3.05, 3.63) is 46.6 Å². The summed E-state index contributed by atoms with van der Waals surface area (Å²) in [5.41, 5.74) is 0.236. The van der Waals surface area contributed by atoms with Gasteiger partial charge in [-0.15, -0.1) is 0 Å². The van der Waals surface area contributed by atoms with E-state index in [0.717, 1.165) is 44.9 Å². The van der Waals surface area contributed by atoms with Crippen molar-refractivity contribution in [2.75, 3.05) is 13.2 Å². The highest BCUT2D eigenvalue weighted by molar-refractivity contribution is 6.16. The SMILES string of the molecule is CCC/C=C/C1=C(CC(=O)OCCCCCCCOC(=O)CC2=C(/C=C/CCC)C(=O)OC2=O)C(=O)OC1=O. The van der Waals surface area contributed by atoms with Crippen LogP contribution in [0.1, 0.15) is 84.5 Å². The summed E-state index contributed by atoms with van der Waals surface area (Å²) < 4.78 is 19.6. The fourth-order valence-corrected chi connectivity index (χ4v) is 3.77. The molecule has 2 heterocycles. The van der Waals surface area contributed by atoms with Gasteiger partial charge < -0.3 is 18.9 Å². The van der Waals surface area contributed by atoms with Gasteiger partial charge >= 0.3 is 35.8 Å². The zero-order valence-electron chi connectivity index (χ0n) is 22.6. The molecule has 0 radical (unpaired) electrons. The second kappa shape index (κ2) is 16.9. The summed E-state index contributed by atoms with van der Waals surface area (Å²) in [6, 6.07) is 0. The van der Waals surface area contributed by atoms with Gasteiger partial charge in [0, 0.05) is 0 Å². The fourth-order valence-electron chi connectivity index (χ4n) is 3.77. The van der Waals surface area contributed by atoms with E-state index in [-0.39, 0.29) is 48.3 Å². The monoisotopic (exact) mass is 544 g/mol. The third-order valence-electron chi connectivity index (χ3n) is 5.89. The third kappa shape index (κ3) is 10.5. The Morgan fingerprint density at radius 1 is 0.615 bits per heavy atom. The van der Waals surface area contributed by atoms with Crippen LogP contribution in [0.25, 0.3) is 0 Å². The highest BCUT2D eigenvalue weighted by atomic mass is 16.6. The lowest BCUT2D eigenvalue weighted by molar-refractivity contribution is -0.153. The molecule has 10 heteroatoms. The first-order chi connectivity index (χ1) is 18.8. The first-order valence-corrected chi connectivity index (χ1v) is 13.4. The quantitative estimate of drug-likeness (QED) is 0.106. The summed E-state index contributed by atoms with van der Waals surface area (Å²) in [5, 5.41) is 0. The zero-order valence-corrected chi connectivity index (χ0v) is 22.6. The summed E-state index contributed by atoms with van der Waals surface area (Å²) in [4.78, 5) is 71.6. The van der Waals surface area contributed by atoms with Crippen LogP contribution in [-0.4, -0.2) is 49.0 Å². The Hall–Kier alpha value is -3.82. The van der Waals surface area contributed by atoms with Crippen LogP contribution < -0.4 is 0 Å². The molecule has 10 nitrogen and oxygen atoms in total. The van der Waals surface area contributed by atoms with Crippen LogP contribution in [0.2, 0.25) is 0 Å². The molecule has 0 spiro atoms. The van der Waals surface area contributed by atoms with E-state index in [9.17, 15) is 28.8 Å². The topological polar surface area (TPSA) is 139 Å². The van der Waals surface area contributed by atoms with E-state index in [4.69, 9.17) is 9.47 Å². The van der Waals surface area contributed by atoms with Crippen LogP contribution in [0.5, 0.6) is 0 Å². The van der Waals surface area contributed by atoms with Gasteiger partial charge in [-0.1, -0.05) is 70.3 Å². The van der Waals surface area contributed by atoms with Crippen LogP contribution in [0.3, 0.4) is 0 Å². The van der Waals surface area contributed by atoms with Gasteiger partial charge in [-0.3, -0.25) is 9.59 Å². The van der Waals surface area contributed by atoms with Crippen LogP contribution in [-0.2, 0) is 47.7 Å². The maximum atomic E-state index is 12.1. The van der Waals surface area contributed by atoms with Crippen LogP contribution in [0.15, 0.2) is 46.6 Å². The van der Waals surface area contributed by atoms with Crippen molar-refractivity contribution in [1.29, 1.82) is 0 Å². The fraction of sp³-hybridized carbons (Fsp3) is 0.517. The van der Waals surface area contributed by atoms with E-state index in [2.05, 4.69) is 9.47 Å². The minimum absolute atomic E-state index is 0.0174. The number of cyclic esters (lactones) is 4. The molecule has 0 aromatic heterocycles. The van der Waals surface area contributed by atoms with Gasteiger partial charge in [0.25, 0.3) is 0 Å². The van der Waals surface area contributed by atoms with Gasteiger partial charge in [-0.2, -0.15) is 0 Å². The van der Waals surface area contributed by atoms with E-state index in [1.54, 1.807) is 12.2 Å². The first-order valence-electron chi connectivity index (χ1n) is 13.4. The standard InChI is InChI=1S/C29H36O10/c1-3-5-10-14-20-22(28(34)38-26(20)32)18-24(30)36-16-12-8-7-9-13-17-37-25(31)19-23-21(15-11-6-4-2)27(33)39-29(23)35/h10-11,14-15H,3-9,12-13,16-19H2,1-2H3/b14-10+,15-11+. The lowest BCUT2D eigenvalue weighted by Gasteiger charge is -2.06. The summed E-state index contributed by atoms with van der Waals surface area (Å²) in [7, 11) is 0. The van der Waals surface area contributed by atoms with Gasteiger partial charge in [0.15, 0.2) is 0 Å². The van der Waals surface area contributed by atoms with Crippen LogP contribution in [0.4, 0.5) is 0 Å². The summed E-state index contributed by atoms with van der Waals surface area (Å²) in [6.07, 6.45) is 12.8. The molecule has 39 heavy (non-hydrogen) atoms. The van der Waals surface area contributed by atoms with Crippen LogP contribution >= 0.6 is 0 Å². The molecule has 0 amide bonds. The van der Waals surface area contributed by atoms with Crippen molar-refractivity contribution in [2.24, 2.45) is 0 Å². The average Bonchev–Trinajstić information content (AvgIpc) is 3.31. The Labute approximate surface area is 228 Å². The Kier molecular flexibility index (Phi) is 13.6. The molecular weight excluding hydrogens is 508 g/mol. The molecule has 0 N–H and O–H groups in total. The molecular formula is C29H36O10. The largest absolute Gasteiger partial charge is 0.465 e. The van der Waals surface area contributed by atoms with Gasteiger partial charge in [-0.05, 0) is 25.7 Å². The zero-order chi connectivity index (χ0) is 28.6. The molecule has 212 valence electrons. The first kappa shape index (κ1) is 31.4. The maximum Gasteiger partial charge on any atom is 0.346 e. The normalized spacial score (nSPS) is 15.6. The predicted octanol–water partition coefficient (Wildman–Crippen LogP) is 4.28. The highest BCUT2D eigenvalue weighted by Crippen LogP contribution is 2.24. The van der Waals surface area contributed by atoms with E-state index < -0.39 is 35.8 Å². The molecule has 0 aromatic rings. The molecule has 2 aliphatic heterocycles. The Morgan fingerprint density at radius 2 is 1.00 bits per heavy atom. The number of hydrogen-bond donors (Lipinski definition) is 0. The maximum absolute atomic E-state index is 12.1. The minimum atomic E-state index is -0.813. The molecule has 0 aliphatic carbocycles. The number of carbonyl (C=O) groups excluding carboxylic acids is 6. The summed E-state index contributed by atoms with van der Waals surface area (Å²) in [5.74, 6) is -4.33. The number of rotatable bonds is 18. The molecule has 2 aliphatic rings. The third-order valence-corrected chi connectivity index (χ3v) is 5.89. The minimum Gasteiger partial charge on any atom is -0.465 e. The lowest BCUT2D eigenvalue weighted by Crippen LogP contribution is -2.11. The number of hydrogen-bond acceptors (Lipinski definition) is 10. The van der Waals surface area contributed by atoms with E-state index in [0.29, 0.717) is 12.8 Å². The molecule has 0 saturated heterocycles. The second-order valence-electron chi connectivity index (χ2n) is 9.08. The number of esters is 6. The van der Waals surface area contributed by atoms with Crippen LogP contribution in [0, 0.1) is 0 Å².